The Labute approximate surface area is 100 Å². The van der Waals surface area contributed by atoms with Crippen molar-refractivity contribution in [3.63, 3.8) is 0 Å². The monoisotopic (exact) mass is 234 g/mol. The number of nitrogens with two attached hydrogens (primary N) is 1. The van der Waals surface area contributed by atoms with Crippen molar-refractivity contribution in [3.8, 4) is 5.75 Å². The molecule has 0 aliphatic rings. The molecular formula is C13H18N2O2. The van der Waals surface area contributed by atoms with Gasteiger partial charge in [-0.15, -0.1) is 0 Å². The van der Waals surface area contributed by atoms with E-state index in [1.54, 1.807) is 7.11 Å². The molecule has 0 radical (unpaired) electrons. The zero-order chi connectivity index (χ0) is 12.6. The van der Waals surface area contributed by atoms with Gasteiger partial charge in [0.2, 0.25) is 0 Å². The maximum Gasteiger partial charge on any atom is 0.124 e. The van der Waals surface area contributed by atoms with Crippen LogP contribution in [-0.2, 0) is 0 Å². The van der Waals surface area contributed by atoms with E-state index in [1.807, 2.05) is 26.0 Å². The van der Waals surface area contributed by atoms with Crippen LogP contribution in [0.25, 0.3) is 10.9 Å². The van der Waals surface area contributed by atoms with Crippen molar-refractivity contribution >= 4 is 10.9 Å². The van der Waals surface area contributed by atoms with Crippen LogP contribution in [0, 0.1) is 13.8 Å². The largest absolute Gasteiger partial charge is 0.496 e. The van der Waals surface area contributed by atoms with Crippen molar-refractivity contribution in [1.82, 2.24) is 4.98 Å². The van der Waals surface area contributed by atoms with E-state index in [4.69, 9.17) is 10.5 Å². The van der Waals surface area contributed by atoms with Crippen LogP contribution < -0.4 is 10.5 Å². The Kier molecular flexibility index (Phi) is 3.09. The minimum Gasteiger partial charge on any atom is -0.496 e. The number of ether oxygens (including phenoxy) is 1. The van der Waals surface area contributed by atoms with Crippen molar-refractivity contribution in [2.45, 2.75) is 19.9 Å². The summed E-state index contributed by atoms with van der Waals surface area (Å²) in [4.78, 5) is 3.30. The molecule has 4 N–H and O–H groups in total. The molecule has 2 rings (SSSR count). The maximum atomic E-state index is 9.27. The van der Waals surface area contributed by atoms with E-state index in [0.717, 1.165) is 33.5 Å². The summed E-state index contributed by atoms with van der Waals surface area (Å²) in [5.41, 5.74) is 10.1. The molecule has 92 valence electrons. The summed E-state index contributed by atoms with van der Waals surface area (Å²) in [7, 11) is 1.61. The number of aromatic amines is 1. The average Bonchev–Trinajstić information content (AvgIpc) is 2.63. The van der Waals surface area contributed by atoms with Gasteiger partial charge >= 0.3 is 0 Å². The summed E-state index contributed by atoms with van der Waals surface area (Å²) >= 11 is 0. The SMILES string of the molecule is COc1ccc2[nH]c(C)c(C)c2c1C(N)CO. The van der Waals surface area contributed by atoms with Crippen LogP contribution in [0.5, 0.6) is 5.75 Å². The molecule has 4 heteroatoms. The summed E-state index contributed by atoms with van der Waals surface area (Å²) in [5, 5.41) is 10.3. The molecule has 2 aromatic rings. The van der Waals surface area contributed by atoms with Crippen molar-refractivity contribution in [2.75, 3.05) is 13.7 Å². The first kappa shape index (κ1) is 12.0. The van der Waals surface area contributed by atoms with Crippen molar-refractivity contribution in [3.05, 3.63) is 29.0 Å². The molecule has 0 aliphatic heterocycles. The third-order valence-electron chi connectivity index (χ3n) is 3.25. The summed E-state index contributed by atoms with van der Waals surface area (Å²) < 4.78 is 5.34. The summed E-state index contributed by atoms with van der Waals surface area (Å²) in [6, 6.07) is 3.42. The zero-order valence-electron chi connectivity index (χ0n) is 10.4. The molecule has 0 saturated carbocycles. The van der Waals surface area contributed by atoms with Crippen molar-refractivity contribution in [1.29, 1.82) is 0 Å². The first-order valence-corrected chi connectivity index (χ1v) is 5.62. The van der Waals surface area contributed by atoms with Gasteiger partial charge < -0.3 is 20.6 Å². The van der Waals surface area contributed by atoms with E-state index in [0.29, 0.717) is 0 Å². The number of aliphatic hydroxyl groups excluding tert-OH is 1. The van der Waals surface area contributed by atoms with Crippen LogP contribution in [0.15, 0.2) is 12.1 Å². The standard InChI is InChI=1S/C13H18N2O2/c1-7-8(2)15-10-4-5-11(17-3)13(12(7)10)9(14)6-16/h4-5,9,15-16H,6,14H2,1-3H3. The van der Waals surface area contributed by atoms with Gasteiger partial charge in [0.15, 0.2) is 0 Å². The molecule has 17 heavy (non-hydrogen) atoms. The van der Waals surface area contributed by atoms with Crippen LogP contribution in [0.2, 0.25) is 0 Å². The fraction of sp³-hybridized carbons (Fsp3) is 0.385. The summed E-state index contributed by atoms with van der Waals surface area (Å²) in [5.74, 6) is 0.723. The van der Waals surface area contributed by atoms with E-state index in [1.165, 1.54) is 0 Å². The number of H-pyrrole nitrogens is 1. The van der Waals surface area contributed by atoms with E-state index >= 15 is 0 Å². The van der Waals surface area contributed by atoms with Gasteiger partial charge in [-0.1, -0.05) is 0 Å². The van der Waals surface area contributed by atoms with Gasteiger partial charge in [0.1, 0.15) is 5.75 Å². The highest BCUT2D eigenvalue weighted by Crippen LogP contribution is 2.34. The lowest BCUT2D eigenvalue weighted by Gasteiger charge is -2.15. The summed E-state index contributed by atoms with van der Waals surface area (Å²) in [6.45, 7) is 3.97. The van der Waals surface area contributed by atoms with E-state index < -0.39 is 6.04 Å². The number of aryl methyl sites for hydroxylation is 2. The minimum atomic E-state index is -0.428. The second-order valence-corrected chi connectivity index (χ2v) is 4.27. The van der Waals surface area contributed by atoms with Crippen molar-refractivity contribution in [2.24, 2.45) is 5.73 Å². The van der Waals surface area contributed by atoms with Gasteiger partial charge in [0.05, 0.1) is 19.8 Å². The topological polar surface area (TPSA) is 71.3 Å². The normalized spacial score (nSPS) is 13.0. The Morgan fingerprint density at radius 2 is 2.12 bits per heavy atom. The number of aliphatic hydroxyl groups is 1. The van der Waals surface area contributed by atoms with Gasteiger partial charge in [-0.25, -0.2) is 0 Å². The lowest BCUT2D eigenvalue weighted by atomic mass is 9.99. The van der Waals surface area contributed by atoms with Gasteiger partial charge in [-0.2, -0.15) is 0 Å². The highest BCUT2D eigenvalue weighted by molar-refractivity contribution is 5.90. The summed E-state index contributed by atoms with van der Waals surface area (Å²) in [6.07, 6.45) is 0. The smallest absolute Gasteiger partial charge is 0.124 e. The fourth-order valence-corrected chi connectivity index (χ4v) is 2.23. The zero-order valence-corrected chi connectivity index (χ0v) is 10.4. The number of benzene rings is 1. The lowest BCUT2D eigenvalue weighted by molar-refractivity contribution is 0.265. The van der Waals surface area contributed by atoms with Gasteiger partial charge in [-0.3, -0.25) is 0 Å². The number of nitrogens with one attached hydrogen (secondary N) is 1. The Hall–Kier alpha value is -1.52. The molecule has 1 unspecified atom stereocenters. The van der Waals surface area contributed by atoms with Crippen LogP contribution in [0.3, 0.4) is 0 Å². The first-order valence-electron chi connectivity index (χ1n) is 5.62. The molecule has 1 atom stereocenters. The number of hydrogen-bond acceptors (Lipinski definition) is 3. The van der Waals surface area contributed by atoms with Gasteiger partial charge in [0, 0.05) is 22.2 Å². The molecule has 0 saturated heterocycles. The highest BCUT2D eigenvalue weighted by Gasteiger charge is 2.18. The molecular weight excluding hydrogens is 216 g/mol. The second kappa shape index (κ2) is 4.39. The van der Waals surface area contributed by atoms with Gasteiger partial charge in [0.25, 0.3) is 0 Å². The molecule has 0 spiro atoms. The van der Waals surface area contributed by atoms with Gasteiger partial charge in [-0.05, 0) is 31.5 Å². The van der Waals surface area contributed by atoms with Crippen LogP contribution in [-0.4, -0.2) is 23.8 Å². The Morgan fingerprint density at radius 1 is 1.41 bits per heavy atom. The third-order valence-corrected chi connectivity index (χ3v) is 3.25. The van der Waals surface area contributed by atoms with Crippen LogP contribution in [0.1, 0.15) is 22.9 Å². The van der Waals surface area contributed by atoms with Crippen molar-refractivity contribution < 1.29 is 9.84 Å². The molecule has 0 amide bonds. The average molecular weight is 234 g/mol. The van der Waals surface area contributed by atoms with E-state index in [9.17, 15) is 5.11 Å². The maximum absolute atomic E-state index is 9.27. The molecule has 1 heterocycles. The predicted molar refractivity (Wildman–Crippen MR) is 68.3 cm³/mol. The lowest BCUT2D eigenvalue weighted by Crippen LogP contribution is -2.16. The fourth-order valence-electron chi connectivity index (χ4n) is 2.23. The quantitative estimate of drug-likeness (QED) is 0.758. The number of fused-ring (bicyclic) bond motifs is 1. The number of methoxy groups -OCH3 is 1. The third kappa shape index (κ3) is 1.79. The highest BCUT2D eigenvalue weighted by atomic mass is 16.5. The Bertz CT molecular complexity index is 546. The predicted octanol–water partition coefficient (Wildman–Crippen LogP) is 1.79. The minimum absolute atomic E-state index is 0.0981. The molecule has 0 bridgehead atoms. The Morgan fingerprint density at radius 3 is 2.71 bits per heavy atom. The van der Waals surface area contributed by atoms with Crippen LogP contribution in [0.4, 0.5) is 0 Å². The van der Waals surface area contributed by atoms with E-state index in [2.05, 4.69) is 4.98 Å². The Balaban J connectivity index is 2.81. The van der Waals surface area contributed by atoms with E-state index in [-0.39, 0.29) is 6.61 Å². The molecule has 4 nitrogen and oxygen atoms in total. The number of aromatic nitrogens is 1. The molecule has 0 aliphatic carbocycles. The second-order valence-electron chi connectivity index (χ2n) is 4.27. The number of rotatable bonds is 3. The molecule has 1 aromatic heterocycles. The number of hydrogen-bond donors (Lipinski definition) is 3. The van der Waals surface area contributed by atoms with Crippen LogP contribution >= 0.6 is 0 Å². The molecule has 1 aromatic carbocycles. The molecule has 0 fully saturated rings. The first-order chi connectivity index (χ1) is 8.10.